The lowest BCUT2D eigenvalue weighted by Crippen LogP contribution is -2.52. The van der Waals surface area contributed by atoms with Crippen molar-refractivity contribution in [2.45, 2.75) is 51.5 Å². The van der Waals surface area contributed by atoms with Crippen molar-refractivity contribution in [2.75, 3.05) is 13.1 Å². The zero-order valence-corrected chi connectivity index (χ0v) is 12.3. The molecule has 0 radical (unpaired) electrons. The van der Waals surface area contributed by atoms with Crippen LogP contribution in [0, 0.1) is 0 Å². The van der Waals surface area contributed by atoms with E-state index in [4.69, 9.17) is 0 Å². The van der Waals surface area contributed by atoms with Gasteiger partial charge in [-0.25, -0.2) is 0 Å². The van der Waals surface area contributed by atoms with Crippen LogP contribution in [0.4, 0.5) is 0 Å². The quantitative estimate of drug-likeness (QED) is 0.812. The number of hydrogen-bond acceptors (Lipinski definition) is 3. The topological polar surface area (TPSA) is 20.3 Å². The number of rotatable bonds is 5. The summed E-state index contributed by atoms with van der Waals surface area (Å²) in [5.74, 6) is 0.385. The third kappa shape index (κ3) is 3.21. The summed E-state index contributed by atoms with van der Waals surface area (Å²) in [5, 5.41) is 4.22. The Kier molecular flexibility index (Phi) is 4.57. The average molecular weight is 265 g/mol. The zero-order chi connectivity index (χ0) is 13.0. The van der Waals surface area contributed by atoms with Gasteiger partial charge in [-0.05, 0) is 68.6 Å². The number of nitrogens with zero attached hydrogens (tertiary/aromatic N) is 1. The molecule has 1 saturated heterocycles. The molecule has 0 bridgehead atoms. The van der Waals surface area contributed by atoms with E-state index in [-0.39, 0.29) is 5.54 Å². The fraction of sp³-hybridized carbons (Fsp3) is 0.667. The molecule has 1 aromatic heterocycles. The summed E-state index contributed by atoms with van der Waals surface area (Å²) in [6.07, 6.45) is 5.35. The number of ketones is 1. The standard InChI is InChI=1S/C15H23NOS/c1-15(2,16-9-4-3-5-10-16)14(17)7-6-13-8-11-18-12-13/h8,11-12H,3-7,9-10H2,1-2H3. The lowest BCUT2D eigenvalue weighted by atomic mass is 9.90. The van der Waals surface area contributed by atoms with E-state index in [9.17, 15) is 4.79 Å². The predicted octanol–water partition coefficient (Wildman–Crippen LogP) is 3.51. The van der Waals surface area contributed by atoms with Crippen molar-refractivity contribution in [2.24, 2.45) is 0 Å². The van der Waals surface area contributed by atoms with Crippen LogP contribution in [-0.2, 0) is 11.2 Å². The van der Waals surface area contributed by atoms with Crippen LogP contribution in [0.3, 0.4) is 0 Å². The van der Waals surface area contributed by atoms with Gasteiger partial charge in [-0.1, -0.05) is 6.42 Å². The third-order valence-electron chi connectivity index (χ3n) is 4.05. The molecule has 0 spiro atoms. The second-order valence-electron chi connectivity index (χ2n) is 5.66. The second kappa shape index (κ2) is 5.98. The number of thiophene rings is 1. The monoisotopic (exact) mass is 265 g/mol. The largest absolute Gasteiger partial charge is 0.298 e. The maximum Gasteiger partial charge on any atom is 0.152 e. The van der Waals surface area contributed by atoms with E-state index in [2.05, 4.69) is 35.6 Å². The second-order valence-corrected chi connectivity index (χ2v) is 6.44. The third-order valence-corrected chi connectivity index (χ3v) is 4.78. The highest BCUT2D eigenvalue weighted by atomic mass is 32.1. The van der Waals surface area contributed by atoms with Crippen LogP contribution in [0.1, 0.15) is 45.1 Å². The Balaban J connectivity index is 1.89. The van der Waals surface area contributed by atoms with Crippen molar-refractivity contribution in [3.05, 3.63) is 22.4 Å². The van der Waals surface area contributed by atoms with E-state index in [1.54, 1.807) is 11.3 Å². The molecule has 0 N–H and O–H groups in total. The summed E-state index contributed by atoms with van der Waals surface area (Å²) in [6, 6.07) is 2.12. The Hall–Kier alpha value is -0.670. The molecule has 0 amide bonds. The molecule has 2 rings (SSSR count). The molecule has 0 atom stereocenters. The van der Waals surface area contributed by atoms with Crippen LogP contribution in [0.25, 0.3) is 0 Å². The highest BCUT2D eigenvalue weighted by molar-refractivity contribution is 7.07. The van der Waals surface area contributed by atoms with Gasteiger partial charge in [-0.2, -0.15) is 11.3 Å². The van der Waals surface area contributed by atoms with Gasteiger partial charge in [0.25, 0.3) is 0 Å². The first-order valence-electron chi connectivity index (χ1n) is 6.90. The van der Waals surface area contributed by atoms with Gasteiger partial charge in [0.15, 0.2) is 5.78 Å². The first-order chi connectivity index (χ1) is 8.60. The first kappa shape index (κ1) is 13.8. The maximum absolute atomic E-state index is 12.4. The predicted molar refractivity (Wildman–Crippen MR) is 77.2 cm³/mol. The minimum atomic E-state index is -0.281. The van der Waals surface area contributed by atoms with E-state index in [0.29, 0.717) is 12.2 Å². The average Bonchev–Trinajstić information content (AvgIpc) is 2.90. The van der Waals surface area contributed by atoms with Crippen LogP contribution in [0.2, 0.25) is 0 Å². The molecule has 1 fully saturated rings. The van der Waals surface area contributed by atoms with Crippen LogP contribution >= 0.6 is 11.3 Å². The van der Waals surface area contributed by atoms with Crippen molar-refractivity contribution in [1.29, 1.82) is 0 Å². The molecule has 3 heteroatoms. The smallest absolute Gasteiger partial charge is 0.152 e. The minimum Gasteiger partial charge on any atom is -0.298 e. The van der Waals surface area contributed by atoms with E-state index in [1.165, 1.54) is 24.8 Å². The Bertz CT molecular complexity index is 377. The molecule has 2 heterocycles. The summed E-state index contributed by atoms with van der Waals surface area (Å²) < 4.78 is 0. The van der Waals surface area contributed by atoms with Gasteiger partial charge in [-0.15, -0.1) is 0 Å². The zero-order valence-electron chi connectivity index (χ0n) is 11.4. The van der Waals surface area contributed by atoms with Crippen molar-refractivity contribution in [3.8, 4) is 0 Å². The molecule has 0 unspecified atom stereocenters. The van der Waals surface area contributed by atoms with E-state index >= 15 is 0 Å². The maximum atomic E-state index is 12.4. The molecule has 0 aromatic carbocycles. The number of carbonyl (C=O) groups excluding carboxylic acids is 1. The Morgan fingerprint density at radius 3 is 2.67 bits per heavy atom. The van der Waals surface area contributed by atoms with Gasteiger partial charge in [-0.3, -0.25) is 9.69 Å². The van der Waals surface area contributed by atoms with Crippen LogP contribution in [-0.4, -0.2) is 29.3 Å². The molecule has 100 valence electrons. The van der Waals surface area contributed by atoms with Gasteiger partial charge in [0, 0.05) is 6.42 Å². The minimum absolute atomic E-state index is 0.281. The van der Waals surface area contributed by atoms with Crippen molar-refractivity contribution >= 4 is 17.1 Å². The number of carbonyl (C=O) groups is 1. The lowest BCUT2D eigenvalue weighted by Gasteiger charge is -2.39. The number of Topliss-reactive ketones (excluding diaryl/α,β-unsaturated/α-hetero) is 1. The summed E-state index contributed by atoms with van der Waals surface area (Å²) in [4.78, 5) is 14.8. The van der Waals surface area contributed by atoms with Crippen LogP contribution in [0.15, 0.2) is 16.8 Å². The summed E-state index contributed by atoms with van der Waals surface area (Å²) >= 11 is 1.71. The van der Waals surface area contributed by atoms with E-state index in [1.807, 2.05) is 0 Å². The van der Waals surface area contributed by atoms with Crippen LogP contribution < -0.4 is 0 Å². The molecule has 0 saturated carbocycles. The molecule has 0 aliphatic carbocycles. The Morgan fingerprint density at radius 2 is 2.06 bits per heavy atom. The van der Waals surface area contributed by atoms with E-state index < -0.39 is 0 Å². The summed E-state index contributed by atoms with van der Waals surface area (Å²) in [6.45, 7) is 6.34. The highest BCUT2D eigenvalue weighted by Crippen LogP contribution is 2.23. The lowest BCUT2D eigenvalue weighted by molar-refractivity contribution is -0.130. The van der Waals surface area contributed by atoms with Crippen molar-refractivity contribution in [1.82, 2.24) is 4.90 Å². The molecule has 2 nitrogen and oxygen atoms in total. The fourth-order valence-corrected chi connectivity index (χ4v) is 3.33. The molecular weight excluding hydrogens is 242 g/mol. The number of likely N-dealkylation sites (tertiary alicyclic amines) is 1. The Labute approximate surface area is 114 Å². The van der Waals surface area contributed by atoms with Gasteiger partial charge in [0.1, 0.15) is 0 Å². The molecule has 1 aliphatic rings. The van der Waals surface area contributed by atoms with E-state index in [0.717, 1.165) is 19.5 Å². The van der Waals surface area contributed by atoms with Crippen molar-refractivity contribution in [3.63, 3.8) is 0 Å². The van der Waals surface area contributed by atoms with Gasteiger partial charge in [0.2, 0.25) is 0 Å². The molecular formula is C15H23NOS. The normalized spacial score (nSPS) is 17.9. The number of aryl methyl sites for hydroxylation is 1. The summed E-state index contributed by atoms with van der Waals surface area (Å²) in [7, 11) is 0. The number of piperidine rings is 1. The SMILES string of the molecule is CC(C)(C(=O)CCc1ccsc1)N1CCCCC1. The van der Waals surface area contributed by atoms with Gasteiger partial charge < -0.3 is 0 Å². The summed E-state index contributed by atoms with van der Waals surface area (Å²) in [5.41, 5.74) is 1.01. The first-order valence-corrected chi connectivity index (χ1v) is 7.84. The van der Waals surface area contributed by atoms with Gasteiger partial charge in [0.05, 0.1) is 5.54 Å². The van der Waals surface area contributed by atoms with Gasteiger partial charge >= 0.3 is 0 Å². The molecule has 18 heavy (non-hydrogen) atoms. The van der Waals surface area contributed by atoms with Crippen molar-refractivity contribution < 1.29 is 4.79 Å². The van der Waals surface area contributed by atoms with Crippen LogP contribution in [0.5, 0.6) is 0 Å². The number of hydrogen-bond donors (Lipinski definition) is 0. The fourth-order valence-electron chi connectivity index (χ4n) is 2.63. The molecule has 1 aromatic rings. The highest BCUT2D eigenvalue weighted by Gasteiger charge is 2.34. The molecule has 1 aliphatic heterocycles. The Morgan fingerprint density at radius 1 is 1.33 bits per heavy atom.